The van der Waals surface area contributed by atoms with Gasteiger partial charge in [0.2, 0.25) is 0 Å². The van der Waals surface area contributed by atoms with E-state index in [1.54, 1.807) is 0 Å². The maximum absolute atomic E-state index is 10.5. The van der Waals surface area contributed by atoms with Gasteiger partial charge in [-0.1, -0.05) is 97.8 Å². The Kier molecular flexibility index (Phi) is 4.01. The minimum atomic E-state index is -1.50. The van der Waals surface area contributed by atoms with Gasteiger partial charge < -0.3 is 0 Å². The van der Waals surface area contributed by atoms with Gasteiger partial charge >= 0.3 is 0 Å². The van der Waals surface area contributed by atoms with Crippen LogP contribution < -0.4 is 0 Å². The molecule has 0 bridgehead atoms. The summed E-state index contributed by atoms with van der Waals surface area (Å²) in [6.07, 6.45) is 0. The van der Waals surface area contributed by atoms with Crippen molar-refractivity contribution in [3.63, 3.8) is 0 Å². The van der Waals surface area contributed by atoms with Crippen molar-refractivity contribution in [3.05, 3.63) is 106 Å². The number of aryl methyl sites for hydroxylation is 2. The molecule has 0 aromatic heterocycles. The van der Waals surface area contributed by atoms with Crippen LogP contribution in [0.1, 0.15) is 47.2 Å². The third-order valence-corrected chi connectivity index (χ3v) is 8.32. The summed E-state index contributed by atoms with van der Waals surface area (Å²) in [5.74, 6) is 0.384. The van der Waals surface area contributed by atoms with Crippen LogP contribution in [-0.4, -0.2) is 10.7 Å². The van der Waals surface area contributed by atoms with Crippen molar-refractivity contribution in [2.45, 2.75) is 38.8 Å². The van der Waals surface area contributed by atoms with Crippen molar-refractivity contribution < 1.29 is 0 Å². The van der Waals surface area contributed by atoms with Crippen molar-refractivity contribution in [2.24, 2.45) is 22.4 Å². The highest BCUT2D eigenvalue weighted by molar-refractivity contribution is 6.06. The van der Waals surface area contributed by atoms with Crippen LogP contribution in [0.4, 0.5) is 0 Å². The third kappa shape index (κ3) is 2.28. The SMILES string of the molecule is Cc1ccc(C2=NN3C(C#N)(C#N)c4ccccc4[C@@]3(c3ccc(C)cc3)[C@H]3[C@@H]2C3(C)C)cc1. The Labute approximate surface area is 200 Å². The summed E-state index contributed by atoms with van der Waals surface area (Å²) in [5.41, 5.74) is 5.02. The third-order valence-electron chi connectivity index (χ3n) is 8.32. The molecule has 3 atom stereocenters. The normalized spacial score (nSPS) is 26.9. The largest absolute Gasteiger partial charge is 0.256 e. The molecule has 6 rings (SSSR count). The van der Waals surface area contributed by atoms with Crippen molar-refractivity contribution in [3.8, 4) is 12.1 Å². The van der Waals surface area contributed by atoms with E-state index in [1.807, 2.05) is 23.2 Å². The number of fused-ring (bicyclic) bond motifs is 5. The molecule has 4 heteroatoms. The van der Waals surface area contributed by atoms with Crippen molar-refractivity contribution >= 4 is 5.71 Å². The van der Waals surface area contributed by atoms with Gasteiger partial charge in [-0.3, -0.25) is 0 Å². The molecule has 0 N–H and O–H groups in total. The highest BCUT2D eigenvalue weighted by atomic mass is 15.6. The van der Waals surface area contributed by atoms with Crippen LogP contribution in [0.3, 0.4) is 0 Å². The minimum absolute atomic E-state index is 0.0581. The van der Waals surface area contributed by atoms with Crippen LogP contribution in [0.15, 0.2) is 77.9 Å². The number of nitriles is 2. The molecule has 0 spiro atoms. The molecule has 3 aliphatic rings. The molecule has 1 fully saturated rings. The molecular weight excluding hydrogens is 416 g/mol. The number of hydrogen-bond donors (Lipinski definition) is 0. The fraction of sp³-hybridized carbons (Fsp3) is 0.300. The number of benzene rings is 3. The Hall–Kier alpha value is -3.89. The monoisotopic (exact) mass is 442 g/mol. The molecule has 2 heterocycles. The fourth-order valence-electron chi connectivity index (χ4n) is 6.64. The van der Waals surface area contributed by atoms with E-state index in [1.165, 1.54) is 11.1 Å². The lowest BCUT2D eigenvalue weighted by atomic mass is 9.75. The Balaban J connectivity index is 1.72. The number of rotatable bonds is 2. The van der Waals surface area contributed by atoms with E-state index < -0.39 is 11.1 Å². The lowest BCUT2D eigenvalue weighted by molar-refractivity contribution is 0.0542. The second kappa shape index (κ2) is 6.58. The zero-order valence-corrected chi connectivity index (χ0v) is 19.9. The van der Waals surface area contributed by atoms with E-state index in [4.69, 9.17) is 5.10 Å². The van der Waals surface area contributed by atoms with Crippen LogP contribution in [0.5, 0.6) is 0 Å². The lowest BCUT2D eigenvalue weighted by Crippen LogP contribution is -2.52. The van der Waals surface area contributed by atoms with Crippen LogP contribution in [0.2, 0.25) is 0 Å². The highest BCUT2D eigenvalue weighted by Gasteiger charge is 2.78. The van der Waals surface area contributed by atoms with Gasteiger partial charge in [-0.05, 0) is 36.0 Å². The molecule has 0 radical (unpaired) electrons. The molecule has 1 saturated carbocycles. The summed E-state index contributed by atoms with van der Waals surface area (Å²) in [6.45, 7) is 8.75. The molecular formula is C30H26N4. The van der Waals surface area contributed by atoms with Gasteiger partial charge in [0.1, 0.15) is 17.7 Å². The van der Waals surface area contributed by atoms with Gasteiger partial charge in [0, 0.05) is 17.4 Å². The lowest BCUT2D eigenvalue weighted by Gasteiger charge is -2.44. The van der Waals surface area contributed by atoms with Gasteiger partial charge in [-0.2, -0.15) is 15.6 Å². The van der Waals surface area contributed by atoms with E-state index in [-0.39, 0.29) is 17.3 Å². The first kappa shape index (κ1) is 20.7. The highest BCUT2D eigenvalue weighted by Crippen LogP contribution is 2.75. The van der Waals surface area contributed by atoms with Crippen LogP contribution in [-0.2, 0) is 11.1 Å². The molecule has 4 nitrogen and oxygen atoms in total. The first-order valence-electron chi connectivity index (χ1n) is 11.8. The summed E-state index contributed by atoms with van der Waals surface area (Å²) in [7, 11) is 0. The average Bonchev–Trinajstić information content (AvgIpc) is 3.33. The molecule has 0 saturated heterocycles. The van der Waals surface area contributed by atoms with E-state index >= 15 is 0 Å². The van der Waals surface area contributed by atoms with Crippen molar-refractivity contribution in [1.29, 1.82) is 10.5 Å². The second-order valence-corrected chi connectivity index (χ2v) is 10.6. The summed E-state index contributed by atoms with van der Waals surface area (Å²) in [6, 6.07) is 29.7. The maximum atomic E-state index is 10.5. The van der Waals surface area contributed by atoms with E-state index in [0.29, 0.717) is 0 Å². The predicted molar refractivity (Wildman–Crippen MR) is 132 cm³/mol. The van der Waals surface area contributed by atoms with Gasteiger partial charge in [0.25, 0.3) is 5.54 Å². The van der Waals surface area contributed by atoms with Gasteiger partial charge in [-0.25, -0.2) is 5.01 Å². The number of hydrazone groups is 1. The van der Waals surface area contributed by atoms with E-state index in [9.17, 15) is 10.5 Å². The predicted octanol–water partition coefficient (Wildman–Crippen LogP) is 5.80. The van der Waals surface area contributed by atoms with E-state index in [0.717, 1.165) is 28.0 Å². The van der Waals surface area contributed by atoms with Gasteiger partial charge in [0.15, 0.2) is 0 Å². The average molecular weight is 443 g/mol. The molecule has 0 amide bonds. The zero-order valence-electron chi connectivity index (χ0n) is 19.9. The number of hydrogen-bond acceptors (Lipinski definition) is 4. The van der Waals surface area contributed by atoms with Crippen molar-refractivity contribution in [2.75, 3.05) is 0 Å². The quantitative estimate of drug-likeness (QED) is 0.504. The Morgan fingerprint density at radius 2 is 1.35 bits per heavy atom. The minimum Gasteiger partial charge on any atom is -0.244 e. The van der Waals surface area contributed by atoms with Crippen molar-refractivity contribution in [1.82, 2.24) is 5.01 Å². The molecule has 3 aromatic carbocycles. The summed E-state index contributed by atoms with van der Waals surface area (Å²) >= 11 is 0. The zero-order chi connectivity index (χ0) is 23.9. The van der Waals surface area contributed by atoms with Crippen LogP contribution >= 0.6 is 0 Å². The molecule has 3 aromatic rings. The van der Waals surface area contributed by atoms with Crippen LogP contribution in [0, 0.1) is 53.8 Å². The Morgan fingerprint density at radius 1 is 0.794 bits per heavy atom. The fourth-order valence-corrected chi connectivity index (χ4v) is 6.64. The topological polar surface area (TPSA) is 63.2 Å². The molecule has 34 heavy (non-hydrogen) atoms. The second-order valence-electron chi connectivity index (χ2n) is 10.6. The molecule has 2 aliphatic heterocycles. The number of nitrogens with zero attached hydrogens (tertiary/aromatic N) is 4. The molecule has 166 valence electrons. The van der Waals surface area contributed by atoms with Gasteiger partial charge in [0.05, 0.1) is 5.71 Å². The maximum Gasteiger partial charge on any atom is 0.256 e. The Morgan fingerprint density at radius 3 is 1.94 bits per heavy atom. The first-order valence-corrected chi connectivity index (χ1v) is 11.8. The van der Waals surface area contributed by atoms with Crippen LogP contribution in [0.25, 0.3) is 0 Å². The first-order chi connectivity index (χ1) is 16.3. The van der Waals surface area contributed by atoms with E-state index in [2.05, 4.69) is 94.4 Å². The molecule has 0 unspecified atom stereocenters. The summed E-state index contributed by atoms with van der Waals surface area (Å²) < 4.78 is 0. The summed E-state index contributed by atoms with van der Waals surface area (Å²) in [5, 5.41) is 28.2. The molecule has 1 aliphatic carbocycles. The Bertz CT molecular complexity index is 1420. The smallest absolute Gasteiger partial charge is 0.244 e. The summed E-state index contributed by atoms with van der Waals surface area (Å²) in [4.78, 5) is 0. The standard InChI is InChI=1S/C30H26N4/c1-19-9-13-21(14-10-19)26-25-27(28(25,3)4)30(22-15-11-20(2)12-16-22)24-8-6-5-7-23(24)29(17-31,18-32)34(30)33-26/h5-16,25,27H,1-4H3/t25-,27+,30+/m1/s1. The van der Waals surface area contributed by atoms with Gasteiger partial charge in [-0.15, -0.1) is 0 Å².